The van der Waals surface area contributed by atoms with Crippen LogP contribution in [0.25, 0.3) is 0 Å². The number of phenols is 1. The first kappa shape index (κ1) is 14.0. The van der Waals surface area contributed by atoms with E-state index in [1.807, 2.05) is 37.3 Å². The molecule has 0 saturated carbocycles. The normalized spacial score (nSPS) is 10.4. The van der Waals surface area contributed by atoms with Gasteiger partial charge in [0.05, 0.1) is 6.21 Å². The lowest BCUT2D eigenvalue weighted by Gasteiger charge is -2.07. The number of nitrogens with zero attached hydrogens (tertiary/aromatic N) is 1. The van der Waals surface area contributed by atoms with Crippen molar-refractivity contribution in [1.82, 2.24) is 5.43 Å². The van der Waals surface area contributed by atoms with Gasteiger partial charge in [0.2, 0.25) is 0 Å². The molecule has 20 heavy (non-hydrogen) atoms. The van der Waals surface area contributed by atoms with Crippen molar-refractivity contribution in [3.8, 4) is 5.75 Å². The molecule has 5 heteroatoms. The summed E-state index contributed by atoms with van der Waals surface area (Å²) in [6, 6.07) is 14.8. The predicted molar refractivity (Wildman–Crippen MR) is 86.2 cm³/mol. The van der Waals surface area contributed by atoms with E-state index in [9.17, 15) is 5.11 Å². The van der Waals surface area contributed by atoms with Gasteiger partial charge in [-0.1, -0.05) is 24.3 Å². The fourth-order valence-electron chi connectivity index (χ4n) is 1.64. The number of thiocarbonyl (C=S) groups is 1. The third-order valence-corrected chi connectivity index (χ3v) is 2.78. The lowest BCUT2D eigenvalue weighted by atomic mass is 10.2. The number of hydrogen-bond donors (Lipinski definition) is 3. The van der Waals surface area contributed by atoms with Gasteiger partial charge >= 0.3 is 0 Å². The van der Waals surface area contributed by atoms with E-state index < -0.39 is 0 Å². The molecule has 2 aromatic carbocycles. The van der Waals surface area contributed by atoms with Gasteiger partial charge in [-0.25, -0.2) is 0 Å². The summed E-state index contributed by atoms with van der Waals surface area (Å²) in [5.41, 5.74) is 5.38. The van der Waals surface area contributed by atoms with E-state index in [1.165, 1.54) is 6.21 Å². The van der Waals surface area contributed by atoms with E-state index in [4.69, 9.17) is 12.2 Å². The Morgan fingerprint density at radius 3 is 2.75 bits per heavy atom. The van der Waals surface area contributed by atoms with Gasteiger partial charge in [0.25, 0.3) is 0 Å². The average molecular weight is 285 g/mol. The summed E-state index contributed by atoms with van der Waals surface area (Å²) >= 11 is 5.13. The van der Waals surface area contributed by atoms with E-state index in [-0.39, 0.29) is 5.75 Å². The summed E-state index contributed by atoms with van der Waals surface area (Å²) in [5, 5.41) is 17.0. The Hall–Kier alpha value is -2.40. The lowest BCUT2D eigenvalue weighted by molar-refractivity contribution is 0.474. The number of aryl methyl sites for hydroxylation is 1. The monoisotopic (exact) mass is 285 g/mol. The fraction of sp³-hybridized carbons (Fsp3) is 0.0667. The van der Waals surface area contributed by atoms with Crippen LogP contribution < -0.4 is 10.7 Å². The molecule has 0 aromatic heterocycles. The van der Waals surface area contributed by atoms with Crippen LogP contribution in [0.5, 0.6) is 5.75 Å². The van der Waals surface area contributed by atoms with Crippen LogP contribution in [0.15, 0.2) is 53.6 Å². The molecule has 0 unspecified atom stereocenters. The van der Waals surface area contributed by atoms with Crippen molar-refractivity contribution in [3.05, 3.63) is 59.7 Å². The quantitative estimate of drug-likeness (QED) is 0.461. The van der Waals surface area contributed by atoms with Gasteiger partial charge in [-0.3, -0.25) is 5.43 Å². The van der Waals surface area contributed by atoms with E-state index in [0.717, 1.165) is 11.3 Å². The SMILES string of the molecule is Cc1cccc(NC(=S)N/N=C/c2ccccc2O)c1. The number of phenolic OH excluding ortho intramolecular Hbond substituents is 1. The molecule has 0 aliphatic rings. The third kappa shape index (κ3) is 4.07. The second-order valence-electron chi connectivity index (χ2n) is 4.25. The van der Waals surface area contributed by atoms with Crippen LogP contribution in [0.1, 0.15) is 11.1 Å². The van der Waals surface area contributed by atoms with Crippen LogP contribution in [0.2, 0.25) is 0 Å². The second-order valence-corrected chi connectivity index (χ2v) is 4.66. The molecule has 0 aliphatic carbocycles. The van der Waals surface area contributed by atoms with Gasteiger partial charge in [0, 0.05) is 11.3 Å². The molecule has 0 atom stereocenters. The highest BCUT2D eigenvalue weighted by atomic mass is 32.1. The number of hydrazone groups is 1. The Bertz CT molecular complexity index is 641. The third-order valence-electron chi connectivity index (χ3n) is 2.58. The molecule has 0 amide bonds. The molecule has 3 N–H and O–H groups in total. The molecule has 2 aromatic rings. The summed E-state index contributed by atoms with van der Waals surface area (Å²) in [6.07, 6.45) is 1.51. The van der Waals surface area contributed by atoms with Crippen molar-refractivity contribution < 1.29 is 5.11 Å². The Morgan fingerprint density at radius 1 is 1.20 bits per heavy atom. The predicted octanol–water partition coefficient (Wildman–Crippen LogP) is 3.02. The summed E-state index contributed by atoms with van der Waals surface area (Å²) < 4.78 is 0. The van der Waals surface area contributed by atoms with E-state index in [1.54, 1.807) is 18.2 Å². The van der Waals surface area contributed by atoms with Crippen molar-refractivity contribution in [2.75, 3.05) is 5.32 Å². The Labute approximate surface area is 123 Å². The molecule has 0 radical (unpaired) electrons. The minimum atomic E-state index is 0.176. The van der Waals surface area contributed by atoms with Gasteiger partial charge in [0.15, 0.2) is 5.11 Å². The number of hydrogen-bond acceptors (Lipinski definition) is 3. The number of aromatic hydroxyl groups is 1. The minimum Gasteiger partial charge on any atom is -0.507 e. The topological polar surface area (TPSA) is 56.7 Å². The maximum Gasteiger partial charge on any atom is 0.191 e. The van der Waals surface area contributed by atoms with Crippen molar-refractivity contribution in [1.29, 1.82) is 0 Å². The van der Waals surface area contributed by atoms with Crippen LogP contribution in [0, 0.1) is 6.92 Å². The summed E-state index contributed by atoms with van der Waals surface area (Å²) in [6.45, 7) is 2.01. The van der Waals surface area contributed by atoms with Crippen molar-refractivity contribution in [2.24, 2.45) is 5.10 Å². The largest absolute Gasteiger partial charge is 0.507 e. The smallest absolute Gasteiger partial charge is 0.191 e. The van der Waals surface area contributed by atoms with Crippen molar-refractivity contribution >= 4 is 29.2 Å². The molecule has 2 rings (SSSR count). The Morgan fingerprint density at radius 2 is 2.00 bits per heavy atom. The van der Waals surface area contributed by atoms with Gasteiger partial charge in [-0.05, 0) is 49.0 Å². The van der Waals surface area contributed by atoms with Crippen molar-refractivity contribution in [3.63, 3.8) is 0 Å². The maximum absolute atomic E-state index is 9.57. The molecule has 102 valence electrons. The standard InChI is InChI=1S/C15H15N3OS/c1-11-5-4-7-13(9-11)17-15(20)18-16-10-12-6-2-3-8-14(12)19/h2-10,19H,1H3,(H2,17,18,20)/b16-10+. The second kappa shape index (κ2) is 6.68. The van der Waals surface area contributed by atoms with Crippen LogP contribution in [0.4, 0.5) is 5.69 Å². The van der Waals surface area contributed by atoms with Crippen LogP contribution >= 0.6 is 12.2 Å². The number of benzene rings is 2. The Kier molecular flexibility index (Phi) is 4.68. The summed E-state index contributed by atoms with van der Waals surface area (Å²) in [4.78, 5) is 0. The van der Waals surface area contributed by atoms with Crippen LogP contribution in [-0.4, -0.2) is 16.4 Å². The van der Waals surface area contributed by atoms with E-state index in [2.05, 4.69) is 15.8 Å². The number of para-hydroxylation sites is 1. The number of anilines is 1. The first-order valence-electron chi connectivity index (χ1n) is 6.10. The van der Waals surface area contributed by atoms with Crippen molar-refractivity contribution in [2.45, 2.75) is 6.92 Å². The van der Waals surface area contributed by atoms with Gasteiger partial charge in [-0.2, -0.15) is 5.10 Å². The molecular weight excluding hydrogens is 270 g/mol. The number of rotatable bonds is 3. The molecule has 0 heterocycles. The lowest BCUT2D eigenvalue weighted by Crippen LogP contribution is -2.23. The molecule has 0 saturated heterocycles. The molecule has 0 spiro atoms. The van der Waals surface area contributed by atoms with Gasteiger partial charge in [-0.15, -0.1) is 0 Å². The summed E-state index contributed by atoms with van der Waals surface area (Å²) in [5.74, 6) is 0.176. The molecule has 4 nitrogen and oxygen atoms in total. The molecule has 0 fully saturated rings. The van der Waals surface area contributed by atoms with Gasteiger partial charge in [0.1, 0.15) is 5.75 Å². The van der Waals surface area contributed by atoms with E-state index >= 15 is 0 Å². The van der Waals surface area contributed by atoms with Crippen LogP contribution in [-0.2, 0) is 0 Å². The minimum absolute atomic E-state index is 0.176. The highest BCUT2D eigenvalue weighted by molar-refractivity contribution is 7.80. The zero-order chi connectivity index (χ0) is 14.4. The van der Waals surface area contributed by atoms with E-state index in [0.29, 0.717) is 10.7 Å². The maximum atomic E-state index is 9.57. The zero-order valence-electron chi connectivity index (χ0n) is 11.0. The highest BCUT2D eigenvalue weighted by Gasteiger charge is 1.97. The molecular formula is C15H15N3OS. The average Bonchev–Trinajstić information content (AvgIpc) is 2.41. The highest BCUT2D eigenvalue weighted by Crippen LogP contribution is 2.12. The summed E-state index contributed by atoms with van der Waals surface area (Å²) in [7, 11) is 0. The molecule has 0 aliphatic heterocycles. The Balaban J connectivity index is 1.91. The zero-order valence-corrected chi connectivity index (χ0v) is 11.8. The first-order valence-corrected chi connectivity index (χ1v) is 6.51. The number of nitrogens with one attached hydrogen (secondary N) is 2. The van der Waals surface area contributed by atoms with Gasteiger partial charge < -0.3 is 10.4 Å². The molecule has 0 bridgehead atoms. The fourth-order valence-corrected chi connectivity index (χ4v) is 1.81. The van der Waals surface area contributed by atoms with Crippen LogP contribution in [0.3, 0.4) is 0 Å². The first-order chi connectivity index (χ1) is 9.65.